The van der Waals surface area contributed by atoms with Crippen LogP contribution < -0.4 is 10.6 Å². The molecule has 0 spiro atoms. The van der Waals surface area contributed by atoms with Gasteiger partial charge in [0.15, 0.2) is 15.7 Å². The fourth-order valence-electron chi connectivity index (χ4n) is 3.94. The summed E-state index contributed by atoms with van der Waals surface area (Å²) < 4.78 is 29.3. The van der Waals surface area contributed by atoms with Gasteiger partial charge >= 0.3 is 6.09 Å². The smallest absolute Gasteiger partial charge is 0.407 e. The zero-order valence-corrected chi connectivity index (χ0v) is 17.3. The van der Waals surface area contributed by atoms with Crippen molar-refractivity contribution in [3.05, 3.63) is 35.3 Å². The summed E-state index contributed by atoms with van der Waals surface area (Å²) in [4.78, 5) is 15.9. The lowest BCUT2D eigenvalue weighted by Crippen LogP contribution is -2.33. The second kappa shape index (κ2) is 7.66. The number of ether oxygens (including phenoxy) is 1. The van der Waals surface area contributed by atoms with E-state index in [1.54, 1.807) is 12.4 Å². The van der Waals surface area contributed by atoms with E-state index in [4.69, 9.17) is 4.74 Å². The maximum Gasteiger partial charge on any atom is 0.407 e. The Labute approximate surface area is 169 Å². The topological polar surface area (TPSA) is 126 Å². The van der Waals surface area contributed by atoms with Gasteiger partial charge in [-0.2, -0.15) is 5.10 Å². The fraction of sp³-hybridized carbons (Fsp3) is 0.526. The normalized spacial score (nSPS) is 22.4. The van der Waals surface area contributed by atoms with Crippen LogP contribution >= 0.6 is 0 Å². The standard InChI is InChI=1S/C19H25N5O4S/c1-11(2)21-19(25)28-14-4-3-12(5-14)16-6-18(24-23-16)22-17-8-20-7-13-9-29(26,27)10-15(13)17/h6-8,11-12,14H,3-5,9-10H2,1-2H3,(H,21,25)(H2,22,23,24)/t12-,14+/m0/s1. The summed E-state index contributed by atoms with van der Waals surface area (Å²) in [6.45, 7) is 3.79. The van der Waals surface area contributed by atoms with Gasteiger partial charge < -0.3 is 15.4 Å². The minimum atomic E-state index is -3.11. The zero-order valence-electron chi connectivity index (χ0n) is 16.4. The van der Waals surface area contributed by atoms with Gasteiger partial charge in [-0.1, -0.05) is 0 Å². The van der Waals surface area contributed by atoms with E-state index in [0.29, 0.717) is 11.5 Å². The highest BCUT2D eigenvalue weighted by Crippen LogP contribution is 2.37. The van der Waals surface area contributed by atoms with Gasteiger partial charge in [-0.15, -0.1) is 0 Å². The molecule has 10 heteroatoms. The number of aromatic amines is 1. The second-order valence-corrected chi connectivity index (χ2v) is 10.1. The monoisotopic (exact) mass is 419 g/mol. The Balaban J connectivity index is 1.39. The number of sulfone groups is 1. The van der Waals surface area contributed by atoms with Crippen molar-refractivity contribution in [3.63, 3.8) is 0 Å². The molecule has 2 aliphatic rings. The third kappa shape index (κ3) is 4.52. The molecule has 0 bridgehead atoms. The number of alkyl carbamates (subject to hydrolysis) is 1. The predicted molar refractivity (Wildman–Crippen MR) is 108 cm³/mol. The van der Waals surface area contributed by atoms with Crippen LogP contribution in [0.1, 0.15) is 55.8 Å². The number of nitrogens with one attached hydrogen (secondary N) is 3. The largest absolute Gasteiger partial charge is 0.446 e. The van der Waals surface area contributed by atoms with E-state index >= 15 is 0 Å². The number of aromatic nitrogens is 3. The molecule has 2 aromatic rings. The first kappa shape index (κ1) is 19.7. The number of rotatable bonds is 5. The Morgan fingerprint density at radius 1 is 1.28 bits per heavy atom. The molecule has 3 N–H and O–H groups in total. The molecular weight excluding hydrogens is 394 g/mol. The van der Waals surface area contributed by atoms with E-state index < -0.39 is 9.84 Å². The van der Waals surface area contributed by atoms with Crippen molar-refractivity contribution in [1.82, 2.24) is 20.5 Å². The number of H-pyrrole nitrogens is 1. The molecule has 0 aromatic carbocycles. The molecule has 2 atom stereocenters. The van der Waals surface area contributed by atoms with E-state index in [2.05, 4.69) is 25.8 Å². The third-order valence-corrected chi connectivity index (χ3v) is 6.73. The number of carbonyl (C=O) groups is 1. The average Bonchev–Trinajstić information content (AvgIpc) is 3.32. The average molecular weight is 420 g/mol. The first-order valence-electron chi connectivity index (χ1n) is 9.75. The van der Waals surface area contributed by atoms with Crippen molar-refractivity contribution in [3.8, 4) is 0 Å². The summed E-state index contributed by atoms with van der Waals surface area (Å²) >= 11 is 0. The van der Waals surface area contributed by atoms with Gasteiger partial charge in [0.2, 0.25) is 0 Å². The zero-order chi connectivity index (χ0) is 20.6. The van der Waals surface area contributed by atoms with Gasteiger partial charge in [0, 0.05) is 29.9 Å². The first-order chi connectivity index (χ1) is 13.8. The molecule has 29 heavy (non-hydrogen) atoms. The Kier molecular flexibility index (Phi) is 5.20. The van der Waals surface area contributed by atoms with Crippen molar-refractivity contribution in [2.75, 3.05) is 5.32 Å². The Morgan fingerprint density at radius 2 is 2.10 bits per heavy atom. The highest BCUT2D eigenvalue weighted by Gasteiger charge is 2.31. The Hall–Kier alpha value is -2.62. The highest BCUT2D eigenvalue weighted by atomic mass is 32.2. The number of pyridine rings is 1. The van der Waals surface area contributed by atoms with Crippen LogP contribution in [0.4, 0.5) is 16.3 Å². The maximum absolute atomic E-state index is 11.9. The van der Waals surface area contributed by atoms with Gasteiger partial charge in [0.05, 0.1) is 23.4 Å². The van der Waals surface area contributed by atoms with Gasteiger partial charge in [0.25, 0.3) is 0 Å². The summed E-state index contributed by atoms with van der Waals surface area (Å²) in [7, 11) is -3.11. The molecule has 4 rings (SSSR count). The molecule has 1 aliphatic carbocycles. The van der Waals surface area contributed by atoms with Crippen molar-refractivity contribution in [2.24, 2.45) is 0 Å². The first-order valence-corrected chi connectivity index (χ1v) is 11.6. The number of carbonyl (C=O) groups excluding carboxylic acids is 1. The number of anilines is 2. The highest BCUT2D eigenvalue weighted by molar-refractivity contribution is 7.90. The van der Waals surface area contributed by atoms with Gasteiger partial charge in [-0.25, -0.2) is 13.2 Å². The van der Waals surface area contributed by atoms with Gasteiger partial charge in [-0.3, -0.25) is 10.1 Å². The van der Waals surface area contributed by atoms with Gasteiger partial charge in [0.1, 0.15) is 6.10 Å². The molecule has 1 saturated carbocycles. The molecule has 9 nitrogen and oxygen atoms in total. The Morgan fingerprint density at radius 3 is 2.90 bits per heavy atom. The lowest BCUT2D eigenvalue weighted by Gasteiger charge is -2.14. The minimum Gasteiger partial charge on any atom is -0.446 e. The van der Waals surface area contributed by atoms with Crippen LogP contribution in [0, 0.1) is 0 Å². The summed E-state index contributed by atoms with van der Waals surface area (Å²) in [6, 6.07) is 1.97. The van der Waals surface area contributed by atoms with Crippen LogP contribution in [0.3, 0.4) is 0 Å². The number of fused-ring (bicyclic) bond motifs is 1. The Bertz CT molecular complexity index is 1020. The van der Waals surface area contributed by atoms with E-state index in [9.17, 15) is 13.2 Å². The molecule has 0 radical (unpaired) electrons. The maximum atomic E-state index is 11.9. The van der Waals surface area contributed by atoms with Crippen molar-refractivity contribution < 1.29 is 17.9 Å². The summed E-state index contributed by atoms with van der Waals surface area (Å²) in [5.74, 6) is 0.894. The van der Waals surface area contributed by atoms with E-state index in [1.165, 1.54) is 0 Å². The molecular formula is C19H25N5O4S. The summed E-state index contributed by atoms with van der Waals surface area (Å²) in [5, 5.41) is 13.3. The number of nitrogens with zero attached hydrogens (tertiary/aromatic N) is 2. The van der Waals surface area contributed by atoms with Crippen LogP contribution in [-0.4, -0.2) is 41.8 Å². The molecule has 1 amide bonds. The summed E-state index contributed by atoms with van der Waals surface area (Å²) in [5.41, 5.74) is 3.13. The molecule has 156 valence electrons. The lowest BCUT2D eigenvalue weighted by atomic mass is 10.0. The molecule has 3 heterocycles. The predicted octanol–water partition coefficient (Wildman–Crippen LogP) is 2.75. The van der Waals surface area contributed by atoms with E-state index in [1.807, 2.05) is 19.9 Å². The third-order valence-electron chi connectivity index (χ3n) is 5.25. The van der Waals surface area contributed by atoms with Crippen LogP contribution in [0.25, 0.3) is 0 Å². The van der Waals surface area contributed by atoms with Crippen LogP contribution in [0.5, 0.6) is 0 Å². The van der Waals surface area contributed by atoms with Crippen molar-refractivity contribution in [2.45, 2.75) is 62.7 Å². The van der Waals surface area contributed by atoms with E-state index in [0.717, 1.165) is 36.1 Å². The summed E-state index contributed by atoms with van der Waals surface area (Å²) in [6.07, 6.45) is 5.21. The minimum absolute atomic E-state index is 0.0184. The quantitative estimate of drug-likeness (QED) is 0.680. The molecule has 1 fully saturated rings. The number of amides is 1. The van der Waals surface area contributed by atoms with Crippen molar-refractivity contribution >= 4 is 27.4 Å². The molecule has 2 aromatic heterocycles. The van der Waals surface area contributed by atoms with E-state index in [-0.39, 0.29) is 35.7 Å². The van der Waals surface area contributed by atoms with Crippen LogP contribution in [0.15, 0.2) is 18.5 Å². The molecule has 0 saturated heterocycles. The van der Waals surface area contributed by atoms with Gasteiger partial charge in [-0.05, 0) is 44.2 Å². The van der Waals surface area contributed by atoms with Crippen LogP contribution in [-0.2, 0) is 26.1 Å². The lowest BCUT2D eigenvalue weighted by molar-refractivity contribution is 0.0981. The van der Waals surface area contributed by atoms with Crippen molar-refractivity contribution in [1.29, 1.82) is 0 Å². The van der Waals surface area contributed by atoms with Crippen LogP contribution in [0.2, 0.25) is 0 Å². The number of hydrogen-bond donors (Lipinski definition) is 3. The molecule has 0 unspecified atom stereocenters. The fourth-order valence-corrected chi connectivity index (χ4v) is 5.54. The second-order valence-electron chi connectivity index (χ2n) is 8.03. The number of hydrogen-bond acceptors (Lipinski definition) is 7. The molecule has 1 aliphatic heterocycles. The SMILES string of the molecule is CC(C)NC(=O)O[C@@H]1CC[C@H](c2cc(Nc3cncc4c3CS(=O)(=O)C4)n[nH]2)C1.